The first kappa shape index (κ1) is 20.3. The van der Waals surface area contributed by atoms with Crippen molar-refractivity contribution in [3.05, 3.63) is 32.9 Å². The summed E-state index contributed by atoms with van der Waals surface area (Å²) >= 11 is 4.40. The number of carbonyl (C=O) groups is 3. The topological polar surface area (TPSA) is 90.3 Å². The maximum Gasteiger partial charge on any atom is 0.341 e. The molecule has 0 aliphatic heterocycles. The van der Waals surface area contributed by atoms with Crippen molar-refractivity contribution in [2.24, 2.45) is 5.92 Å². The molecule has 140 valence electrons. The Labute approximate surface area is 163 Å². The van der Waals surface area contributed by atoms with Crippen LogP contribution < -0.4 is 5.32 Å². The number of nitrogens with one attached hydrogen (secondary N) is 1. The van der Waals surface area contributed by atoms with Crippen LogP contribution in [0.2, 0.25) is 0 Å². The van der Waals surface area contributed by atoms with Crippen molar-refractivity contribution < 1.29 is 19.1 Å². The molecular formula is C17H20BrN3O4S. The molecule has 7 nitrogen and oxygen atoms in total. The number of hydrogen-bond donors (Lipinski definition) is 1. The number of Topliss-reactive ketones (excluding diaryl/α,β-unsaturated/α-hetero) is 1. The molecule has 1 amide bonds. The quantitative estimate of drug-likeness (QED) is 0.522. The molecule has 0 saturated carbocycles. The van der Waals surface area contributed by atoms with E-state index in [1.807, 2.05) is 0 Å². The first-order chi connectivity index (χ1) is 12.2. The van der Waals surface area contributed by atoms with E-state index in [2.05, 4.69) is 26.3 Å². The number of ether oxygens (including phenoxy) is 1. The second kappa shape index (κ2) is 8.59. The molecule has 0 aliphatic carbocycles. The van der Waals surface area contributed by atoms with E-state index in [1.54, 1.807) is 37.8 Å². The van der Waals surface area contributed by atoms with Gasteiger partial charge in [-0.05, 0) is 42.3 Å². The summed E-state index contributed by atoms with van der Waals surface area (Å²) in [6, 6.07) is 0. The Morgan fingerprint density at radius 2 is 2.12 bits per heavy atom. The van der Waals surface area contributed by atoms with Crippen molar-refractivity contribution in [2.45, 2.75) is 34.2 Å². The van der Waals surface area contributed by atoms with E-state index < -0.39 is 5.97 Å². The molecule has 1 unspecified atom stereocenters. The predicted molar refractivity (Wildman–Crippen MR) is 103 cm³/mol. The highest BCUT2D eigenvalue weighted by atomic mass is 79.9. The maximum absolute atomic E-state index is 12.6. The molecule has 2 rings (SSSR count). The van der Waals surface area contributed by atoms with Crippen LogP contribution in [0.1, 0.15) is 46.4 Å². The smallest absolute Gasteiger partial charge is 0.341 e. The Balaban J connectivity index is 2.23. The third kappa shape index (κ3) is 4.59. The van der Waals surface area contributed by atoms with Gasteiger partial charge in [0, 0.05) is 6.20 Å². The number of halogens is 1. The fourth-order valence-electron chi connectivity index (χ4n) is 2.42. The third-order valence-electron chi connectivity index (χ3n) is 3.69. The monoisotopic (exact) mass is 441 g/mol. The van der Waals surface area contributed by atoms with Gasteiger partial charge in [-0.15, -0.1) is 11.3 Å². The molecule has 0 fully saturated rings. The van der Waals surface area contributed by atoms with Crippen molar-refractivity contribution in [3.63, 3.8) is 0 Å². The van der Waals surface area contributed by atoms with E-state index in [0.717, 1.165) is 15.8 Å². The van der Waals surface area contributed by atoms with Gasteiger partial charge in [0.05, 0.1) is 40.2 Å². The highest BCUT2D eigenvalue weighted by Gasteiger charge is 2.26. The van der Waals surface area contributed by atoms with Crippen molar-refractivity contribution in [1.82, 2.24) is 9.78 Å². The first-order valence-corrected chi connectivity index (χ1v) is 9.65. The normalized spacial score (nSPS) is 11.9. The zero-order chi connectivity index (χ0) is 19.4. The number of thiophene rings is 1. The molecule has 2 aromatic heterocycles. The second-order valence-corrected chi connectivity index (χ2v) is 7.74. The van der Waals surface area contributed by atoms with Crippen LogP contribution in [0.3, 0.4) is 0 Å². The van der Waals surface area contributed by atoms with E-state index in [1.165, 1.54) is 6.92 Å². The molecule has 0 spiro atoms. The summed E-state index contributed by atoms with van der Waals surface area (Å²) in [6.45, 7) is 7.17. The van der Waals surface area contributed by atoms with E-state index >= 15 is 0 Å². The molecule has 2 heterocycles. The number of amides is 1. The molecule has 0 radical (unpaired) electrons. The second-order valence-electron chi connectivity index (χ2n) is 5.81. The van der Waals surface area contributed by atoms with Gasteiger partial charge in [-0.2, -0.15) is 5.10 Å². The molecule has 26 heavy (non-hydrogen) atoms. The zero-order valence-corrected chi connectivity index (χ0v) is 17.4. The van der Waals surface area contributed by atoms with Crippen molar-refractivity contribution in [1.29, 1.82) is 0 Å². The van der Waals surface area contributed by atoms with Crippen LogP contribution in [0.4, 0.5) is 5.00 Å². The van der Waals surface area contributed by atoms with Gasteiger partial charge in [-0.3, -0.25) is 14.3 Å². The van der Waals surface area contributed by atoms with Gasteiger partial charge in [0.1, 0.15) is 5.00 Å². The summed E-state index contributed by atoms with van der Waals surface area (Å²) in [6.07, 6.45) is 3.42. The lowest BCUT2D eigenvalue weighted by Gasteiger charge is -2.12. The number of nitrogens with zero attached hydrogens (tertiary/aromatic N) is 2. The Bertz CT molecular complexity index is 843. The van der Waals surface area contributed by atoms with Crippen LogP contribution in [0.15, 0.2) is 16.9 Å². The van der Waals surface area contributed by atoms with Gasteiger partial charge >= 0.3 is 5.97 Å². The summed E-state index contributed by atoms with van der Waals surface area (Å²) in [7, 11) is 0. The van der Waals surface area contributed by atoms with E-state index in [9.17, 15) is 14.4 Å². The lowest BCUT2D eigenvalue weighted by atomic mass is 10.1. The highest BCUT2D eigenvalue weighted by Crippen LogP contribution is 2.34. The highest BCUT2D eigenvalue weighted by molar-refractivity contribution is 9.10. The summed E-state index contributed by atoms with van der Waals surface area (Å²) in [5.74, 6) is -1.36. The van der Waals surface area contributed by atoms with Crippen LogP contribution in [0.25, 0.3) is 0 Å². The first-order valence-electron chi connectivity index (χ1n) is 8.04. The largest absolute Gasteiger partial charge is 0.462 e. The lowest BCUT2D eigenvalue weighted by Crippen LogP contribution is -2.25. The van der Waals surface area contributed by atoms with Crippen molar-refractivity contribution in [2.75, 3.05) is 11.9 Å². The number of anilines is 1. The number of carbonyl (C=O) groups excluding carboxylic acids is 3. The van der Waals surface area contributed by atoms with Crippen LogP contribution >= 0.6 is 27.3 Å². The molecule has 1 N–H and O–H groups in total. The third-order valence-corrected chi connectivity index (χ3v) is 5.41. The Morgan fingerprint density at radius 1 is 1.42 bits per heavy atom. The van der Waals surface area contributed by atoms with Crippen LogP contribution in [0.5, 0.6) is 0 Å². The molecule has 9 heteroatoms. The van der Waals surface area contributed by atoms with Crippen LogP contribution in [-0.2, 0) is 16.1 Å². The molecule has 0 bridgehead atoms. The average molecular weight is 442 g/mol. The SMILES string of the molecule is CCOC(=O)c1c(NC(=O)C(C)Cn2cc(Br)cn2)sc(C(C)=O)c1C. The molecule has 1 atom stereocenters. The van der Waals surface area contributed by atoms with E-state index in [0.29, 0.717) is 22.0 Å². The molecular weight excluding hydrogens is 422 g/mol. The van der Waals surface area contributed by atoms with Gasteiger partial charge in [0.25, 0.3) is 0 Å². The number of esters is 1. The number of rotatable bonds is 7. The summed E-state index contributed by atoms with van der Waals surface area (Å²) in [4.78, 5) is 37.1. The molecule has 2 aromatic rings. The van der Waals surface area contributed by atoms with Gasteiger partial charge in [-0.25, -0.2) is 4.79 Å². The standard InChI is InChI=1S/C17H20BrN3O4S/c1-5-25-17(24)13-10(3)14(11(4)22)26-16(13)20-15(23)9(2)7-21-8-12(18)6-19-21/h6,8-9H,5,7H2,1-4H3,(H,20,23). The fourth-order valence-corrected chi connectivity index (χ4v) is 3.84. The predicted octanol–water partition coefficient (Wildman–Crippen LogP) is 3.67. The number of hydrogen-bond acceptors (Lipinski definition) is 6. The van der Waals surface area contributed by atoms with Crippen LogP contribution in [0, 0.1) is 12.8 Å². The van der Waals surface area contributed by atoms with E-state index in [-0.39, 0.29) is 29.8 Å². The summed E-state index contributed by atoms with van der Waals surface area (Å²) in [5.41, 5.74) is 0.768. The van der Waals surface area contributed by atoms with Gasteiger partial charge in [0.2, 0.25) is 5.91 Å². The Morgan fingerprint density at radius 3 is 2.65 bits per heavy atom. The lowest BCUT2D eigenvalue weighted by molar-refractivity contribution is -0.119. The molecule has 0 aliphatic rings. The van der Waals surface area contributed by atoms with Gasteiger partial charge in [0.15, 0.2) is 5.78 Å². The fraction of sp³-hybridized carbons (Fsp3) is 0.412. The van der Waals surface area contributed by atoms with Crippen molar-refractivity contribution in [3.8, 4) is 0 Å². The zero-order valence-electron chi connectivity index (χ0n) is 15.0. The Hall–Kier alpha value is -2.00. The van der Waals surface area contributed by atoms with Gasteiger partial charge in [-0.1, -0.05) is 6.92 Å². The van der Waals surface area contributed by atoms with Crippen molar-refractivity contribution >= 4 is 49.9 Å². The number of ketones is 1. The van der Waals surface area contributed by atoms with Gasteiger partial charge < -0.3 is 10.1 Å². The average Bonchev–Trinajstić information content (AvgIpc) is 3.10. The van der Waals surface area contributed by atoms with E-state index in [4.69, 9.17) is 4.74 Å². The van der Waals surface area contributed by atoms with Crippen LogP contribution in [-0.4, -0.2) is 34.0 Å². The minimum Gasteiger partial charge on any atom is -0.462 e. The minimum absolute atomic E-state index is 0.159. The minimum atomic E-state index is -0.548. The molecule has 0 aromatic carbocycles. The Kier molecular flexibility index (Phi) is 6.71. The molecule has 0 saturated heterocycles. The maximum atomic E-state index is 12.6. The summed E-state index contributed by atoms with van der Waals surface area (Å²) in [5, 5.41) is 7.23. The summed E-state index contributed by atoms with van der Waals surface area (Å²) < 4.78 is 7.55. The number of aromatic nitrogens is 2.